The molecule has 0 bridgehead atoms. The van der Waals surface area contributed by atoms with E-state index in [1.54, 1.807) is 0 Å². The maximum absolute atomic E-state index is 5.42. The normalized spacial score (nSPS) is 13.5. The van der Waals surface area contributed by atoms with Crippen molar-refractivity contribution in [3.05, 3.63) is 0 Å². The number of hydrogen-bond acceptors (Lipinski definition) is 3. The lowest BCUT2D eigenvalue weighted by Gasteiger charge is -2.20. The highest BCUT2D eigenvalue weighted by Crippen LogP contribution is 2.08. The van der Waals surface area contributed by atoms with Crippen LogP contribution in [-0.4, -0.2) is 20.7 Å². The minimum atomic E-state index is -1.46. The second-order valence-corrected chi connectivity index (χ2v) is 9.20. The van der Waals surface area contributed by atoms with Gasteiger partial charge in [0.05, 0.1) is 5.60 Å². The van der Waals surface area contributed by atoms with Gasteiger partial charge in [0, 0.05) is 0 Å². The molecule has 0 aliphatic rings. The van der Waals surface area contributed by atoms with Crippen LogP contribution in [0.5, 0.6) is 0 Å². The molecule has 0 saturated heterocycles. The van der Waals surface area contributed by atoms with Crippen LogP contribution in [0, 0.1) is 0 Å². The molecule has 0 aromatic heterocycles. The second kappa shape index (κ2) is 4.37. The fourth-order valence-corrected chi connectivity index (χ4v) is 0.803. The van der Waals surface area contributed by atoms with Crippen molar-refractivity contribution in [2.45, 2.75) is 46.0 Å². The molecule has 0 aliphatic heterocycles. The molecule has 0 N–H and O–H groups in total. The molecule has 4 heteroatoms. The summed E-state index contributed by atoms with van der Waals surface area (Å²) in [4.78, 5) is 9.91. The third-order valence-electron chi connectivity index (χ3n) is 0.849. The van der Waals surface area contributed by atoms with E-state index >= 15 is 0 Å². The zero-order valence-electron chi connectivity index (χ0n) is 8.93. The molecule has 0 aliphatic carbocycles. The molecule has 3 nitrogen and oxygen atoms in total. The first-order valence-corrected chi connectivity index (χ1v) is 7.56. The minimum absolute atomic E-state index is 0.229. The average Bonchev–Trinajstić information content (AvgIpc) is 1.76. The fraction of sp³-hybridized carbons (Fsp3) is 1.00. The standard InChI is InChI=1S/C8H20O3Si/c1-8(2,3)11-9-7-10-12(4,5)6/h7H2,1-6H3. The topological polar surface area (TPSA) is 27.7 Å². The molecule has 0 spiro atoms. The van der Waals surface area contributed by atoms with Crippen molar-refractivity contribution in [2.24, 2.45) is 0 Å². The number of rotatable bonds is 4. The van der Waals surface area contributed by atoms with Crippen LogP contribution in [-0.2, 0) is 14.2 Å². The maximum atomic E-state index is 5.42. The van der Waals surface area contributed by atoms with Crippen LogP contribution in [0.15, 0.2) is 0 Å². The van der Waals surface area contributed by atoms with Gasteiger partial charge >= 0.3 is 0 Å². The summed E-state index contributed by atoms with van der Waals surface area (Å²) in [5.41, 5.74) is -0.261. The zero-order chi connectivity index (χ0) is 9.83. The van der Waals surface area contributed by atoms with E-state index in [-0.39, 0.29) is 12.4 Å². The lowest BCUT2D eigenvalue weighted by Crippen LogP contribution is -2.28. The first kappa shape index (κ1) is 12.1. The summed E-state index contributed by atoms with van der Waals surface area (Å²) in [7, 11) is -1.46. The molecule has 0 radical (unpaired) electrons. The smallest absolute Gasteiger partial charge is 0.186 e. The van der Waals surface area contributed by atoms with Gasteiger partial charge in [-0.15, -0.1) is 0 Å². The molecule has 0 rings (SSSR count). The summed E-state index contributed by atoms with van der Waals surface area (Å²) >= 11 is 0. The molecule has 0 atom stereocenters. The van der Waals surface area contributed by atoms with Crippen molar-refractivity contribution in [3.63, 3.8) is 0 Å². The zero-order valence-corrected chi connectivity index (χ0v) is 9.93. The van der Waals surface area contributed by atoms with Crippen LogP contribution in [0.4, 0.5) is 0 Å². The Morgan fingerprint density at radius 1 is 1.08 bits per heavy atom. The molecular weight excluding hydrogens is 172 g/mol. The lowest BCUT2D eigenvalue weighted by atomic mass is 10.2. The average molecular weight is 192 g/mol. The highest BCUT2D eigenvalue weighted by atomic mass is 28.4. The van der Waals surface area contributed by atoms with Crippen LogP contribution >= 0.6 is 0 Å². The highest BCUT2D eigenvalue weighted by molar-refractivity contribution is 6.69. The number of hydrogen-bond donors (Lipinski definition) is 0. The van der Waals surface area contributed by atoms with Crippen LogP contribution in [0.1, 0.15) is 20.8 Å². The first-order chi connectivity index (χ1) is 5.21. The molecular formula is C8H20O3Si. The fourth-order valence-electron chi connectivity index (χ4n) is 0.402. The third kappa shape index (κ3) is 10.1. The van der Waals surface area contributed by atoms with Crippen molar-refractivity contribution in [2.75, 3.05) is 6.79 Å². The van der Waals surface area contributed by atoms with Gasteiger partial charge < -0.3 is 4.43 Å². The summed E-state index contributed by atoms with van der Waals surface area (Å²) in [5.74, 6) is 0. The highest BCUT2D eigenvalue weighted by Gasteiger charge is 2.15. The molecule has 0 unspecified atom stereocenters. The second-order valence-electron chi connectivity index (χ2n) is 4.69. The van der Waals surface area contributed by atoms with E-state index in [0.29, 0.717) is 0 Å². The Hall–Kier alpha value is 0.0969. The van der Waals surface area contributed by atoms with E-state index < -0.39 is 8.32 Å². The van der Waals surface area contributed by atoms with E-state index in [0.717, 1.165) is 0 Å². The predicted molar refractivity (Wildman–Crippen MR) is 51.2 cm³/mol. The minimum Gasteiger partial charge on any atom is -0.393 e. The summed E-state index contributed by atoms with van der Waals surface area (Å²) in [6, 6.07) is 0. The molecule has 0 heterocycles. The molecule has 0 aromatic carbocycles. The van der Waals surface area contributed by atoms with Gasteiger partial charge in [-0.05, 0) is 40.4 Å². The summed E-state index contributed by atoms with van der Waals surface area (Å²) in [6.45, 7) is 12.3. The predicted octanol–water partition coefficient (Wildman–Crippen LogP) is 2.54. The SMILES string of the molecule is CC(C)(C)OOCO[Si](C)(C)C. The van der Waals surface area contributed by atoms with Gasteiger partial charge in [0.1, 0.15) is 0 Å². The van der Waals surface area contributed by atoms with Crippen LogP contribution in [0.2, 0.25) is 19.6 Å². The van der Waals surface area contributed by atoms with Crippen molar-refractivity contribution in [3.8, 4) is 0 Å². The van der Waals surface area contributed by atoms with Crippen LogP contribution < -0.4 is 0 Å². The Morgan fingerprint density at radius 2 is 1.58 bits per heavy atom. The Labute approximate surface area is 76.1 Å². The van der Waals surface area contributed by atoms with E-state index in [4.69, 9.17) is 14.2 Å². The maximum Gasteiger partial charge on any atom is 0.186 e. The Morgan fingerprint density at radius 3 is 1.92 bits per heavy atom. The van der Waals surface area contributed by atoms with Gasteiger partial charge in [0.2, 0.25) is 0 Å². The van der Waals surface area contributed by atoms with Crippen molar-refractivity contribution in [1.29, 1.82) is 0 Å². The summed E-state index contributed by atoms with van der Waals surface area (Å²) < 4.78 is 5.42. The Balaban J connectivity index is 3.35. The van der Waals surface area contributed by atoms with Gasteiger partial charge in [-0.25, -0.2) is 9.78 Å². The lowest BCUT2D eigenvalue weighted by molar-refractivity contribution is -0.372. The molecule has 74 valence electrons. The third-order valence-corrected chi connectivity index (χ3v) is 1.83. The van der Waals surface area contributed by atoms with Crippen LogP contribution in [0.3, 0.4) is 0 Å². The Bertz CT molecular complexity index is 107. The van der Waals surface area contributed by atoms with Crippen molar-refractivity contribution in [1.82, 2.24) is 0 Å². The molecule has 0 aromatic rings. The quantitative estimate of drug-likeness (QED) is 0.225. The van der Waals surface area contributed by atoms with Gasteiger partial charge in [-0.1, -0.05) is 0 Å². The molecule has 0 fully saturated rings. The van der Waals surface area contributed by atoms with Crippen molar-refractivity contribution < 1.29 is 14.2 Å². The van der Waals surface area contributed by atoms with Crippen molar-refractivity contribution >= 4 is 8.32 Å². The van der Waals surface area contributed by atoms with Gasteiger partial charge in [-0.2, -0.15) is 0 Å². The molecule has 0 amide bonds. The summed E-state index contributed by atoms with van der Waals surface area (Å²) in [6.07, 6.45) is 0. The summed E-state index contributed by atoms with van der Waals surface area (Å²) in [5, 5.41) is 0. The van der Waals surface area contributed by atoms with E-state index in [2.05, 4.69) is 19.6 Å². The van der Waals surface area contributed by atoms with E-state index in [9.17, 15) is 0 Å². The Kier molecular flexibility index (Phi) is 4.40. The van der Waals surface area contributed by atoms with Gasteiger partial charge in [0.15, 0.2) is 15.1 Å². The van der Waals surface area contributed by atoms with E-state index in [1.165, 1.54) is 0 Å². The molecule has 12 heavy (non-hydrogen) atoms. The monoisotopic (exact) mass is 192 g/mol. The van der Waals surface area contributed by atoms with Gasteiger partial charge in [0.25, 0.3) is 0 Å². The van der Waals surface area contributed by atoms with E-state index in [1.807, 2.05) is 20.8 Å². The van der Waals surface area contributed by atoms with Crippen LogP contribution in [0.25, 0.3) is 0 Å². The molecule has 0 saturated carbocycles. The first-order valence-electron chi connectivity index (χ1n) is 4.15. The largest absolute Gasteiger partial charge is 0.393 e. The van der Waals surface area contributed by atoms with Gasteiger partial charge in [-0.3, -0.25) is 0 Å².